The number of nitrogens with zero attached hydrogens (tertiary/aromatic N) is 2. The molecule has 0 saturated heterocycles. The summed E-state index contributed by atoms with van der Waals surface area (Å²) in [5.41, 5.74) is 4.08. The van der Waals surface area contributed by atoms with Crippen molar-refractivity contribution in [2.75, 3.05) is 6.61 Å². The molecule has 0 amide bonds. The Morgan fingerprint density at radius 3 is 2.65 bits per heavy atom. The Kier molecular flexibility index (Phi) is 5.76. The number of ether oxygens (including phenoxy) is 2. The van der Waals surface area contributed by atoms with Crippen LogP contribution in [0.1, 0.15) is 50.8 Å². The molecule has 1 aromatic heterocycles. The minimum absolute atomic E-state index is 0.129. The topological polar surface area (TPSA) is 53.4 Å². The Morgan fingerprint density at radius 1 is 1.23 bits per heavy atom. The molecule has 0 radical (unpaired) electrons. The summed E-state index contributed by atoms with van der Waals surface area (Å²) in [5, 5.41) is 4.69. The molecule has 0 N–H and O–H groups in total. The number of aromatic nitrogens is 2. The van der Waals surface area contributed by atoms with E-state index in [1.807, 2.05) is 51.1 Å². The van der Waals surface area contributed by atoms with Crippen molar-refractivity contribution in [3.63, 3.8) is 0 Å². The molecule has 0 aliphatic heterocycles. The van der Waals surface area contributed by atoms with E-state index in [1.165, 1.54) is 12.0 Å². The van der Waals surface area contributed by atoms with Crippen molar-refractivity contribution in [2.45, 2.75) is 52.6 Å². The molecule has 1 aliphatic carbocycles. The van der Waals surface area contributed by atoms with Gasteiger partial charge in [0.1, 0.15) is 0 Å². The van der Waals surface area contributed by atoms with Crippen LogP contribution in [0.15, 0.2) is 36.4 Å². The zero-order chi connectivity index (χ0) is 18.5. The highest BCUT2D eigenvalue weighted by Gasteiger charge is 2.23. The normalized spacial score (nSPS) is 14.2. The lowest BCUT2D eigenvalue weighted by atomic mass is 9.94. The molecule has 0 saturated carbocycles. The quantitative estimate of drug-likeness (QED) is 0.718. The van der Waals surface area contributed by atoms with Gasteiger partial charge < -0.3 is 9.47 Å². The van der Waals surface area contributed by atoms with Gasteiger partial charge in [-0.3, -0.25) is 0 Å². The summed E-state index contributed by atoms with van der Waals surface area (Å²) in [4.78, 5) is 12.0. The highest BCUT2D eigenvalue weighted by atomic mass is 16.6. The summed E-state index contributed by atoms with van der Waals surface area (Å²) in [6.45, 7) is 5.52. The van der Waals surface area contributed by atoms with Crippen LogP contribution in [-0.2, 0) is 9.53 Å². The van der Waals surface area contributed by atoms with E-state index >= 15 is 0 Å². The van der Waals surface area contributed by atoms with E-state index in [9.17, 15) is 4.79 Å². The molecular formula is C21H26N2O3. The third-order valence-corrected chi connectivity index (χ3v) is 4.32. The van der Waals surface area contributed by atoms with Crippen molar-refractivity contribution in [3.05, 3.63) is 47.7 Å². The maximum atomic E-state index is 12.0. The zero-order valence-electron chi connectivity index (χ0n) is 15.7. The minimum atomic E-state index is -0.373. The lowest BCUT2D eigenvalue weighted by Gasteiger charge is -2.16. The van der Waals surface area contributed by atoms with E-state index < -0.39 is 0 Å². The summed E-state index contributed by atoms with van der Waals surface area (Å²) >= 11 is 0. The number of esters is 1. The smallest absolute Gasteiger partial charge is 0.344 e. The summed E-state index contributed by atoms with van der Waals surface area (Å²) in [7, 11) is 0. The highest BCUT2D eigenvalue weighted by Crippen LogP contribution is 2.36. The lowest BCUT2D eigenvalue weighted by Crippen LogP contribution is -2.20. The molecule has 0 fully saturated rings. The maximum absolute atomic E-state index is 12.0. The minimum Gasteiger partial charge on any atom is -0.465 e. The second kappa shape index (κ2) is 8.21. The Bertz CT molecular complexity index is 791. The third-order valence-electron chi connectivity index (χ3n) is 4.32. The number of carbonyl (C=O) groups is 1. The number of rotatable bonds is 6. The number of benzene rings is 1. The molecule has 26 heavy (non-hydrogen) atoms. The third kappa shape index (κ3) is 4.15. The van der Waals surface area contributed by atoms with E-state index in [0.717, 1.165) is 36.2 Å². The fourth-order valence-corrected chi connectivity index (χ4v) is 3.24. The zero-order valence-corrected chi connectivity index (χ0v) is 15.7. The predicted molar refractivity (Wildman–Crippen MR) is 101 cm³/mol. The summed E-state index contributed by atoms with van der Waals surface area (Å²) < 4.78 is 12.9. The van der Waals surface area contributed by atoms with E-state index in [-0.39, 0.29) is 18.7 Å². The van der Waals surface area contributed by atoms with Gasteiger partial charge in [0.15, 0.2) is 6.61 Å². The van der Waals surface area contributed by atoms with Gasteiger partial charge in [-0.15, -0.1) is 0 Å². The molecule has 0 unspecified atom stereocenters. The summed E-state index contributed by atoms with van der Waals surface area (Å²) in [6, 6.07) is 9.84. The van der Waals surface area contributed by atoms with E-state index in [2.05, 4.69) is 6.08 Å². The van der Waals surface area contributed by atoms with Crippen LogP contribution in [0.3, 0.4) is 0 Å². The van der Waals surface area contributed by atoms with Crippen LogP contribution in [0.25, 0.3) is 11.3 Å². The van der Waals surface area contributed by atoms with E-state index in [4.69, 9.17) is 14.6 Å². The number of hydrogen-bond acceptors (Lipinski definition) is 4. The van der Waals surface area contributed by atoms with Crippen molar-refractivity contribution in [2.24, 2.45) is 0 Å². The van der Waals surface area contributed by atoms with E-state index in [0.29, 0.717) is 5.88 Å². The molecule has 5 heteroatoms. The molecule has 2 aromatic rings. The molecule has 1 aromatic carbocycles. The molecule has 3 rings (SSSR count). The number of hydrogen-bond donors (Lipinski definition) is 0. The Morgan fingerprint density at radius 2 is 2.00 bits per heavy atom. The lowest BCUT2D eigenvalue weighted by molar-refractivity contribution is -0.149. The van der Waals surface area contributed by atoms with Crippen LogP contribution >= 0.6 is 0 Å². The van der Waals surface area contributed by atoms with Gasteiger partial charge in [-0.1, -0.05) is 24.3 Å². The molecular weight excluding hydrogens is 328 g/mol. The maximum Gasteiger partial charge on any atom is 0.344 e. The predicted octanol–water partition coefficient (Wildman–Crippen LogP) is 4.47. The Hall–Kier alpha value is -2.56. The van der Waals surface area contributed by atoms with Gasteiger partial charge in [0.05, 0.1) is 23.0 Å². The molecule has 0 spiro atoms. The van der Waals surface area contributed by atoms with Crippen molar-refractivity contribution in [3.8, 4) is 11.6 Å². The molecule has 0 bridgehead atoms. The first-order valence-electron chi connectivity index (χ1n) is 9.23. The second-order valence-corrected chi connectivity index (χ2v) is 6.82. The first-order valence-corrected chi connectivity index (χ1v) is 9.23. The monoisotopic (exact) mass is 354 g/mol. The second-order valence-electron chi connectivity index (χ2n) is 6.82. The van der Waals surface area contributed by atoms with E-state index in [1.54, 1.807) is 4.68 Å². The van der Waals surface area contributed by atoms with Gasteiger partial charge in [-0.05, 0) is 64.2 Å². The average molecular weight is 354 g/mol. The van der Waals surface area contributed by atoms with Crippen molar-refractivity contribution in [1.82, 2.24) is 9.78 Å². The Labute approximate surface area is 154 Å². The molecule has 1 aliphatic rings. The highest BCUT2D eigenvalue weighted by molar-refractivity contribution is 5.74. The average Bonchev–Trinajstić information content (AvgIpc) is 2.97. The van der Waals surface area contributed by atoms with Crippen LogP contribution in [0, 0.1) is 6.92 Å². The van der Waals surface area contributed by atoms with Crippen LogP contribution in [0.2, 0.25) is 0 Å². The van der Waals surface area contributed by atoms with Gasteiger partial charge in [-0.25, -0.2) is 9.48 Å². The molecule has 0 atom stereocenters. The van der Waals surface area contributed by atoms with Gasteiger partial charge in [0, 0.05) is 0 Å². The number of allylic oxidation sites excluding steroid dienone is 2. The van der Waals surface area contributed by atoms with Crippen LogP contribution in [0.5, 0.6) is 5.88 Å². The molecule has 1 heterocycles. The SMILES string of the molecule is Cc1nn(-c2ccccc2)c(OCC(=O)OC(C)C)c1C1=CCCCC1. The summed E-state index contributed by atoms with van der Waals surface area (Å²) in [5.74, 6) is 0.240. The van der Waals surface area contributed by atoms with Gasteiger partial charge >= 0.3 is 5.97 Å². The molecule has 138 valence electrons. The van der Waals surface area contributed by atoms with Crippen LogP contribution < -0.4 is 4.74 Å². The fourth-order valence-electron chi connectivity index (χ4n) is 3.24. The van der Waals surface area contributed by atoms with Gasteiger partial charge in [0.25, 0.3) is 0 Å². The van der Waals surface area contributed by atoms with Crippen molar-refractivity contribution >= 4 is 11.5 Å². The number of aryl methyl sites for hydroxylation is 1. The fraction of sp³-hybridized carbons (Fsp3) is 0.429. The van der Waals surface area contributed by atoms with Gasteiger partial charge in [-0.2, -0.15) is 5.10 Å². The number of carbonyl (C=O) groups excluding carboxylic acids is 1. The van der Waals surface area contributed by atoms with Gasteiger partial charge in [0.2, 0.25) is 5.88 Å². The van der Waals surface area contributed by atoms with Crippen LogP contribution in [-0.4, -0.2) is 28.5 Å². The van der Waals surface area contributed by atoms with Crippen molar-refractivity contribution in [1.29, 1.82) is 0 Å². The standard InChI is InChI=1S/C21H26N2O3/c1-15(2)26-19(24)14-25-21-20(17-10-6-4-7-11-17)16(3)22-23(21)18-12-8-5-9-13-18/h5,8-10,12-13,15H,4,6-7,11,14H2,1-3H3. The Balaban J connectivity index is 1.97. The first kappa shape index (κ1) is 18.2. The van der Waals surface area contributed by atoms with Crippen molar-refractivity contribution < 1.29 is 14.3 Å². The number of para-hydroxylation sites is 1. The molecule has 5 nitrogen and oxygen atoms in total. The van der Waals surface area contributed by atoms with Crippen LogP contribution in [0.4, 0.5) is 0 Å². The largest absolute Gasteiger partial charge is 0.465 e. The summed E-state index contributed by atoms with van der Waals surface area (Å²) in [6.07, 6.45) is 6.56. The first-order chi connectivity index (χ1) is 12.6.